The lowest BCUT2D eigenvalue weighted by Gasteiger charge is -2.18. The molecule has 0 fully saturated rings. The van der Waals surface area contributed by atoms with Gasteiger partial charge in [0.05, 0.1) is 28.0 Å². The molecular weight excluding hydrogens is 280 g/mol. The summed E-state index contributed by atoms with van der Waals surface area (Å²) in [4.78, 5) is 12.6. The molecule has 0 atom stereocenters. The van der Waals surface area contributed by atoms with Crippen LogP contribution in [0.5, 0.6) is 5.75 Å². The average Bonchev–Trinajstić information content (AvgIpc) is 3.02. The maximum absolute atomic E-state index is 12.6. The number of nitrogens with zero attached hydrogens (tertiary/aromatic N) is 2. The SMILES string of the molecule is CCCOc1ccc(-c2c(C)n([O-])c3c([n+]2=O)CCC3)cc1. The first-order valence-electron chi connectivity index (χ1n) is 7.74. The van der Waals surface area contributed by atoms with Gasteiger partial charge in [0, 0.05) is 11.3 Å². The molecule has 0 spiro atoms. The zero-order valence-electron chi connectivity index (χ0n) is 13.0. The van der Waals surface area contributed by atoms with Crippen molar-refractivity contribution in [1.82, 2.24) is 4.73 Å². The van der Waals surface area contributed by atoms with Crippen LogP contribution in [0.15, 0.2) is 24.3 Å². The van der Waals surface area contributed by atoms with Crippen LogP contribution in [0.25, 0.3) is 11.3 Å². The summed E-state index contributed by atoms with van der Waals surface area (Å²) in [5, 5.41) is 12.4. The Morgan fingerprint density at radius 3 is 2.68 bits per heavy atom. The molecule has 0 saturated carbocycles. The van der Waals surface area contributed by atoms with Crippen molar-refractivity contribution < 1.29 is 9.16 Å². The average molecular weight is 300 g/mol. The number of hydrogen-bond acceptors (Lipinski definition) is 3. The van der Waals surface area contributed by atoms with E-state index in [2.05, 4.69) is 6.92 Å². The zero-order chi connectivity index (χ0) is 15.7. The van der Waals surface area contributed by atoms with Crippen molar-refractivity contribution in [1.29, 1.82) is 0 Å². The summed E-state index contributed by atoms with van der Waals surface area (Å²) in [6.45, 7) is 4.42. The van der Waals surface area contributed by atoms with Gasteiger partial charge in [-0.05, 0) is 50.5 Å². The minimum absolute atomic E-state index is 0.442. The third-order valence-electron chi connectivity index (χ3n) is 4.10. The number of rotatable bonds is 4. The molecule has 0 N–H and O–H groups in total. The Bertz CT molecular complexity index is 748. The Morgan fingerprint density at radius 2 is 2.00 bits per heavy atom. The Hall–Kier alpha value is -2.30. The molecule has 1 aromatic carbocycles. The first kappa shape index (κ1) is 14.6. The highest BCUT2D eigenvalue weighted by molar-refractivity contribution is 5.60. The molecule has 2 aromatic rings. The lowest BCUT2D eigenvalue weighted by Crippen LogP contribution is -2.28. The normalized spacial score (nSPS) is 13.2. The van der Waals surface area contributed by atoms with Crippen molar-refractivity contribution in [2.75, 3.05) is 6.61 Å². The largest absolute Gasteiger partial charge is 0.805 e. The van der Waals surface area contributed by atoms with Gasteiger partial charge in [-0.3, -0.25) is 0 Å². The summed E-state index contributed by atoms with van der Waals surface area (Å²) >= 11 is 0. The van der Waals surface area contributed by atoms with Crippen LogP contribution < -0.4 is 9.16 Å². The quantitative estimate of drug-likeness (QED) is 0.815. The summed E-state index contributed by atoms with van der Waals surface area (Å²) in [7, 11) is 0. The van der Waals surface area contributed by atoms with Crippen LogP contribution in [0.4, 0.5) is 0 Å². The molecule has 116 valence electrons. The van der Waals surface area contributed by atoms with Gasteiger partial charge >= 0.3 is 0 Å². The maximum atomic E-state index is 12.6. The molecule has 1 aliphatic rings. The molecule has 0 saturated heterocycles. The van der Waals surface area contributed by atoms with E-state index in [0.717, 1.165) is 33.3 Å². The zero-order valence-corrected chi connectivity index (χ0v) is 13.0. The number of hydrogen-bond donors (Lipinski definition) is 0. The molecule has 0 bridgehead atoms. The van der Waals surface area contributed by atoms with Gasteiger partial charge in [-0.25, -0.2) is 0 Å². The smallest absolute Gasteiger partial charge is 0.289 e. The summed E-state index contributed by atoms with van der Waals surface area (Å²) in [6.07, 6.45) is 3.17. The number of fused-ring (bicyclic) bond motifs is 1. The molecule has 3 rings (SSSR count). The first-order valence-corrected chi connectivity index (χ1v) is 7.74. The minimum atomic E-state index is 0.442. The Kier molecular flexibility index (Phi) is 3.88. The molecule has 0 aliphatic heterocycles. The van der Waals surface area contributed by atoms with E-state index >= 15 is 0 Å². The van der Waals surface area contributed by atoms with Gasteiger partial charge in [-0.15, -0.1) is 0 Å². The summed E-state index contributed by atoms with van der Waals surface area (Å²) in [5.74, 6) is 0.775. The monoisotopic (exact) mass is 300 g/mol. The second-order valence-corrected chi connectivity index (χ2v) is 5.64. The lowest BCUT2D eigenvalue weighted by atomic mass is 10.1. The third-order valence-corrected chi connectivity index (χ3v) is 4.10. The highest BCUT2D eigenvalue weighted by Gasteiger charge is 2.29. The Morgan fingerprint density at radius 1 is 1.27 bits per heavy atom. The third kappa shape index (κ3) is 2.36. The highest BCUT2D eigenvalue weighted by atomic mass is 16.5. The van der Waals surface area contributed by atoms with Gasteiger partial charge in [0.2, 0.25) is 0 Å². The molecule has 0 amide bonds. The predicted molar refractivity (Wildman–Crippen MR) is 84.5 cm³/mol. The van der Waals surface area contributed by atoms with Crippen molar-refractivity contribution in [2.24, 2.45) is 0 Å². The predicted octanol–water partition coefficient (Wildman–Crippen LogP) is 3.00. The van der Waals surface area contributed by atoms with Crippen LogP contribution in [-0.4, -0.2) is 11.3 Å². The van der Waals surface area contributed by atoms with Crippen molar-refractivity contribution >= 4 is 0 Å². The van der Waals surface area contributed by atoms with Gasteiger partial charge < -0.3 is 14.7 Å². The van der Waals surface area contributed by atoms with Crippen LogP contribution in [0.3, 0.4) is 0 Å². The maximum Gasteiger partial charge on any atom is 0.289 e. The standard InChI is InChI=1S/C17H20N2O3/c1-3-11-22-14-9-7-13(8-10-14)17-12(2)18(20)15-5-4-6-16(15)19(17)21/h7-10H,3-6,11H2,1-2H3. The van der Waals surface area contributed by atoms with Crippen molar-refractivity contribution in [3.63, 3.8) is 0 Å². The number of ether oxygens (including phenoxy) is 1. The van der Waals surface area contributed by atoms with E-state index in [1.54, 1.807) is 6.92 Å². The molecule has 0 unspecified atom stereocenters. The van der Waals surface area contributed by atoms with E-state index in [1.165, 1.54) is 0 Å². The number of benzene rings is 1. The van der Waals surface area contributed by atoms with Crippen LogP contribution in [0.2, 0.25) is 0 Å². The Labute approximate surface area is 129 Å². The van der Waals surface area contributed by atoms with Crippen LogP contribution in [0.1, 0.15) is 36.8 Å². The molecular formula is C17H20N2O3. The van der Waals surface area contributed by atoms with E-state index in [-0.39, 0.29) is 0 Å². The lowest BCUT2D eigenvalue weighted by molar-refractivity contribution is -0.493. The van der Waals surface area contributed by atoms with E-state index in [4.69, 9.17) is 4.74 Å². The van der Waals surface area contributed by atoms with E-state index < -0.39 is 0 Å². The molecule has 0 radical (unpaired) electrons. The fraction of sp³-hybridized carbons (Fsp3) is 0.412. The van der Waals surface area contributed by atoms with E-state index in [0.29, 0.717) is 42.2 Å². The van der Waals surface area contributed by atoms with Gasteiger partial charge in [0.15, 0.2) is 0 Å². The topological polar surface area (TPSA) is 60.2 Å². The van der Waals surface area contributed by atoms with Gasteiger partial charge in [-0.2, -0.15) is 0 Å². The fourth-order valence-electron chi connectivity index (χ4n) is 2.99. The van der Waals surface area contributed by atoms with Crippen LogP contribution in [0, 0.1) is 17.0 Å². The van der Waals surface area contributed by atoms with Crippen LogP contribution >= 0.6 is 0 Å². The second kappa shape index (κ2) is 5.83. The first-order chi connectivity index (χ1) is 10.6. The molecule has 1 aromatic heterocycles. The van der Waals surface area contributed by atoms with Crippen molar-refractivity contribution in [2.45, 2.75) is 39.5 Å². The van der Waals surface area contributed by atoms with Crippen molar-refractivity contribution in [3.05, 3.63) is 51.5 Å². The fourth-order valence-corrected chi connectivity index (χ4v) is 2.99. The molecule has 22 heavy (non-hydrogen) atoms. The molecule has 5 nitrogen and oxygen atoms in total. The summed E-state index contributed by atoms with van der Waals surface area (Å²) in [6, 6.07) is 7.35. The van der Waals surface area contributed by atoms with Crippen molar-refractivity contribution in [3.8, 4) is 17.0 Å². The Balaban J connectivity index is 2.05. The molecule has 5 heteroatoms. The van der Waals surface area contributed by atoms with Gasteiger partial charge in [0.1, 0.15) is 5.75 Å². The molecule has 1 heterocycles. The van der Waals surface area contributed by atoms with Gasteiger partial charge in [-0.1, -0.05) is 6.92 Å². The summed E-state index contributed by atoms with van der Waals surface area (Å²) < 4.78 is 7.42. The minimum Gasteiger partial charge on any atom is -0.805 e. The van der Waals surface area contributed by atoms with E-state index in [1.807, 2.05) is 24.3 Å². The van der Waals surface area contributed by atoms with Gasteiger partial charge in [0.25, 0.3) is 11.4 Å². The van der Waals surface area contributed by atoms with E-state index in [9.17, 15) is 10.1 Å². The summed E-state index contributed by atoms with van der Waals surface area (Å²) in [5.41, 5.74) is 2.88. The van der Waals surface area contributed by atoms with Crippen LogP contribution in [-0.2, 0) is 12.8 Å². The number of aromatic nitrogens is 2. The highest BCUT2D eigenvalue weighted by Crippen LogP contribution is 2.26. The second-order valence-electron chi connectivity index (χ2n) is 5.64. The molecule has 1 aliphatic carbocycles.